The van der Waals surface area contributed by atoms with Gasteiger partial charge in [0.1, 0.15) is 0 Å². The molecule has 1 atom stereocenters. The fourth-order valence-electron chi connectivity index (χ4n) is 0.887. The van der Waals surface area contributed by atoms with Crippen molar-refractivity contribution in [2.24, 2.45) is 0 Å². The fraction of sp³-hybridized carbons (Fsp3) is 0.500. The van der Waals surface area contributed by atoms with Crippen molar-refractivity contribution < 1.29 is 5.11 Å². The highest BCUT2D eigenvalue weighted by atomic mass is 16.3. The number of hydrogen-bond acceptors (Lipinski definition) is 1. The maximum absolute atomic E-state index is 8.94. The van der Waals surface area contributed by atoms with E-state index in [0.717, 1.165) is 12.8 Å². The van der Waals surface area contributed by atoms with Crippen molar-refractivity contribution >= 4 is 0 Å². The number of aliphatic hydroxyl groups is 1. The number of hydrogen-bond donors (Lipinski definition) is 2. The largest absolute Gasteiger partial charge is 0.393 e. The summed E-state index contributed by atoms with van der Waals surface area (Å²) in [6.07, 6.45) is 3.48. The van der Waals surface area contributed by atoms with Crippen LogP contribution in [0.15, 0.2) is 18.3 Å². The Morgan fingerprint density at radius 1 is 1.70 bits per heavy atom. The van der Waals surface area contributed by atoms with Crippen molar-refractivity contribution in [3.63, 3.8) is 0 Å². The SMILES string of the molecule is CC(O)CCc1ccc[nH]1. The normalized spacial score (nSPS) is 13.4. The van der Waals surface area contributed by atoms with Crippen LogP contribution in [0.5, 0.6) is 0 Å². The Hall–Kier alpha value is -0.760. The van der Waals surface area contributed by atoms with E-state index in [-0.39, 0.29) is 6.10 Å². The van der Waals surface area contributed by atoms with Crippen LogP contribution in [0.4, 0.5) is 0 Å². The monoisotopic (exact) mass is 139 g/mol. The number of rotatable bonds is 3. The fourth-order valence-corrected chi connectivity index (χ4v) is 0.887. The van der Waals surface area contributed by atoms with Crippen LogP contribution in [-0.2, 0) is 6.42 Å². The van der Waals surface area contributed by atoms with Gasteiger partial charge in [-0.05, 0) is 31.9 Å². The lowest BCUT2D eigenvalue weighted by Gasteiger charge is -2.00. The number of aromatic amines is 1. The first-order valence-electron chi connectivity index (χ1n) is 3.59. The van der Waals surface area contributed by atoms with E-state index >= 15 is 0 Å². The molecule has 1 heterocycles. The molecule has 0 fully saturated rings. The number of H-pyrrole nitrogens is 1. The topological polar surface area (TPSA) is 36.0 Å². The molecule has 0 aliphatic carbocycles. The minimum absolute atomic E-state index is 0.191. The second kappa shape index (κ2) is 3.42. The van der Waals surface area contributed by atoms with Gasteiger partial charge in [0.25, 0.3) is 0 Å². The minimum Gasteiger partial charge on any atom is -0.393 e. The Labute approximate surface area is 60.9 Å². The number of nitrogens with one attached hydrogen (secondary N) is 1. The number of aryl methyl sites for hydroxylation is 1. The molecule has 0 amide bonds. The zero-order chi connectivity index (χ0) is 7.40. The summed E-state index contributed by atoms with van der Waals surface area (Å²) in [5, 5.41) is 8.94. The molecule has 56 valence electrons. The molecule has 1 unspecified atom stereocenters. The molecule has 1 aromatic rings. The van der Waals surface area contributed by atoms with E-state index in [9.17, 15) is 0 Å². The lowest BCUT2D eigenvalue weighted by molar-refractivity contribution is 0.184. The van der Waals surface area contributed by atoms with Gasteiger partial charge in [0, 0.05) is 11.9 Å². The van der Waals surface area contributed by atoms with Crippen LogP contribution < -0.4 is 0 Å². The van der Waals surface area contributed by atoms with Gasteiger partial charge in [-0.15, -0.1) is 0 Å². The van der Waals surface area contributed by atoms with Gasteiger partial charge < -0.3 is 10.1 Å². The van der Waals surface area contributed by atoms with Crippen molar-refractivity contribution in [1.82, 2.24) is 4.98 Å². The van der Waals surface area contributed by atoms with Crippen molar-refractivity contribution in [2.75, 3.05) is 0 Å². The van der Waals surface area contributed by atoms with Crippen LogP contribution in [0.1, 0.15) is 19.0 Å². The molecule has 0 saturated heterocycles. The van der Waals surface area contributed by atoms with Gasteiger partial charge >= 0.3 is 0 Å². The van der Waals surface area contributed by atoms with Crippen molar-refractivity contribution in [3.8, 4) is 0 Å². The van der Waals surface area contributed by atoms with Gasteiger partial charge in [-0.3, -0.25) is 0 Å². The van der Waals surface area contributed by atoms with Gasteiger partial charge in [0.05, 0.1) is 6.10 Å². The summed E-state index contributed by atoms with van der Waals surface area (Å²) < 4.78 is 0. The van der Waals surface area contributed by atoms with Crippen LogP contribution >= 0.6 is 0 Å². The lowest BCUT2D eigenvalue weighted by Crippen LogP contribution is -2.01. The molecule has 0 spiro atoms. The van der Waals surface area contributed by atoms with Gasteiger partial charge in [-0.25, -0.2) is 0 Å². The standard InChI is InChI=1S/C8H13NO/c1-7(10)4-5-8-3-2-6-9-8/h2-3,6-7,9-10H,4-5H2,1H3. The third-order valence-electron chi connectivity index (χ3n) is 1.49. The molecule has 2 nitrogen and oxygen atoms in total. The highest BCUT2D eigenvalue weighted by Crippen LogP contribution is 2.01. The average molecular weight is 139 g/mol. The predicted octanol–water partition coefficient (Wildman–Crippen LogP) is 1.33. The Kier molecular flexibility index (Phi) is 2.51. The zero-order valence-corrected chi connectivity index (χ0v) is 6.17. The summed E-state index contributed by atoms with van der Waals surface area (Å²) in [5.41, 5.74) is 1.20. The van der Waals surface area contributed by atoms with Gasteiger partial charge in [0.2, 0.25) is 0 Å². The molecular weight excluding hydrogens is 126 g/mol. The first-order chi connectivity index (χ1) is 4.79. The Morgan fingerprint density at radius 2 is 2.50 bits per heavy atom. The van der Waals surface area contributed by atoms with Crippen LogP contribution in [0.2, 0.25) is 0 Å². The highest BCUT2D eigenvalue weighted by Gasteiger charge is 1.96. The van der Waals surface area contributed by atoms with Crippen molar-refractivity contribution in [1.29, 1.82) is 0 Å². The zero-order valence-electron chi connectivity index (χ0n) is 6.17. The molecule has 0 aromatic carbocycles. The number of aliphatic hydroxyl groups excluding tert-OH is 1. The highest BCUT2D eigenvalue weighted by molar-refractivity contribution is 5.03. The third kappa shape index (κ3) is 2.23. The molecule has 2 heteroatoms. The lowest BCUT2D eigenvalue weighted by atomic mass is 10.2. The van der Waals surface area contributed by atoms with Gasteiger partial charge in [-0.2, -0.15) is 0 Å². The average Bonchev–Trinajstić information content (AvgIpc) is 2.34. The Morgan fingerprint density at radius 3 is 3.00 bits per heavy atom. The predicted molar refractivity (Wildman–Crippen MR) is 40.8 cm³/mol. The molecule has 0 radical (unpaired) electrons. The van der Waals surface area contributed by atoms with Crippen molar-refractivity contribution in [3.05, 3.63) is 24.0 Å². The summed E-state index contributed by atoms with van der Waals surface area (Å²) in [6, 6.07) is 4.00. The maximum Gasteiger partial charge on any atom is 0.0515 e. The van der Waals surface area contributed by atoms with Crippen LogP contribution in [0, 0.1) is 0 Å². The molecule has 1 aromatic heterocycles. The molecular formula is C8H13NO. The Bertz CT molecular complexity index is 167. The van der Waals surface area contributed by atoms with Crippen LogP contribution in [-0.4, -0.2) is 16.2 Å². The summed E-state index contributed by atoms with van der Waals surface area (Å²) in [4.78, 5) is 3.08. The quantitative estimate of drug-likeness (QED) is 0.651. The van der Waals surface area contributed by atoms with E-state index < -0.39 is 0 Å². The smallest absolute Gasteiger partial charge is 0.0515 e. The van der Waals surface area contributed by atoms with Crippen LogP contribution in [0.3, 0.4) is 0 Å². The second-order valence-corrected chi connectivity index (χ2v) is 2.58. The van der Waals surface area contributed by atoms with Crippen LogP contribution in [0.25, 0.3) is 0 Å². The van der Waals surface area contributed by atoms with Gasteiger partial charge in [0.15, 0.2) is 0 Å². The first kappa shape index (κ1) is 7.35. The molecule has 0 aliphatic rings. The first-order valence-corrected chi connectivity index (χ1v) is 3.59. The van der Waals surface area contributed by atoms with E-state index in [2.05, 4.69) is 4.98 Å². The minimum atomic E-state index is -0.191. The molecule has 0 bridgehead atoms. The van der Waals surface area contributed by atoms with E-state index in [1.165, 1.54) is 5.69 Å². The van der Waals surface area contributed by atoms with E-state index in [0.29, 0.717) is 0 Å². The summed E-state index contributed by atoms with van der Waals surface area (Å²) >= 11 is 0. The second-order valence-electron chi connectivity index (χ2n) is 2.58. The maximum atomic E-state index is 8.94. The number of aromatic nitrogens is 1. The molecule has 0 aliphatic heterocycles. The van der Waals surface area contributed by atoms with Crippen molar-refractivity contribution in [2.45, 2.75) is 25.9 Å². The molecule has 10 heavy (non-hydrogen) atoms. The Balaban J connectivity index is 2.28. The molecule has 0 saturated carbocycles. The third-order valence-corrected chi connectivity index (χ3v) is 1.49. The van der Waals surface area contributed by atoms with E-state index in [1.54, 1.807) is 0 Å². The van der Waals surface area contributed by atoms with Gasteiger partial charge in [-0.1, -0.05) is 0 Å². The van der Waals surface area contributed by atoms with E-state index in [1.807, 2.05) is 25.3 Å². The molecule has 2 N–H and O–H groups in total. The van der Waals surface area contributed by atoms with E-state index in [4.69, 9.17) is 5.11 Å². The summed E-state index contributed by atoms with van der Waals surface area (Å²) in [6.45, 7) is 1.81. The summed E-state index contributed by atoms with van der Waals surface area (Å²) in [7, 11) is 0. The summed E-state index contributed by atoms with van der Waals surface area (Å²) in [5.74, 6) is 0. The molecule has 1 rings (SSSR count).